The van der Waals surface area contributed by atoms with Crippen molar-refractivity contribution in [3.63, 3.8) is 0 Å². The van der Waals surface area contributed by atoms with Gasteiger partial charge in [0.1, 0.15) is 5.82 Å². The molecule has 0 saturated carbocycles. The number of hydrogen-bond donors (Lipinski definition) is 3. The zero-order chi connectivity index (χ0) is 18.4. The largest absolute Gasteiger partial charge is 0.494 e. The second-order valence-corrected chi connectivity index (χ2v) is 5.54. The van der Waals surface area contributed by atoms with E-state index in [1.807, 2.05) is 0 Å². The van der Waals surface area contributed by atoms with Gasteiger partial charge in [0.25, 0.3) is 0 Å². The van der Waals surface area contributed by atoms with Crippen molar-refractivity contribution < 1.29 is 23.4 Å². The van der Waals surface area contributed by atoms with E-state index in [1.54, 1.807) is 19.1 Å². The normalized spacial score (nSPS) is 13.0. The highest BCUT2D eigenvalue weighted by Gasteiger charge is 2.14. The zero-order valence-electron chi connectivity index (χ0n) is 13.9. The number of benzene rings is 2. The number of nitrogens with one attached hydrogen (secondary N) is 2. The summed E-state index contributed by atoms with van der Waals surface area (Å²) in [6.45, 7) is 1.61. The van der Waals surface area contributed by atoms with E-state index >= 15 is 0 Å². The van der Waals surface area contributed by atoms with Crippen LogP contribution in [0.1, 0.15) is 30.2 Å². The van der Waals surface area contributed by atoms with Crippen LogP contribution in [0.3, 0.4) is 0 Å². The minimum absolute atomic E-state index is 0.0843. The third-order valence-electron chi connectivity index (χ3n) is 3.71. The van der Waals surface area contributed by atoms with Crippen LogP contribution in [0.5, 0.6) is 5.75 Å². The van der Waals surface area contributed by atoms with Crippen molar-refractivity contribution >= 4 is 6.03 Å². The highest BCUT2D eigenvalue weighted by atomic mass is 19.1. The first kappa shape index (κ1) is 18.7. The quantitative estimate of drug-likeness (QED) is 0.750. The van der Waals surface area contributed by atoms with Gasteiger partial charge >= 0.3 is 6.03 Å². The Labute approximate surface area is 144 Å². The molecule has 2 aromatic rings. The standard InChI is InChI=1S/C18H20F2N2O3/c1-11(12-6-7-17(25-2)15(20)9-12)22-18(24)21-10-16(23)13-4-3-5-14(19)8-13/h3-9,11,16,23H,10H2,1-2H3,(H2,21,22,24). The van der Waals surface area contributed by atoms with Crippen LogP contribution in [0.2, 0.25) is 0 Å². The van der Waals surface area contributed by atoms with E-state index in [2.05, 4.69) is 10.6 Å². The molecule has 0 aromatic heterocycles. The predicted molar refractivity (Wildman–Crippen MR) is 89.3 cm³/mol. The summed E-state index contributed by atoms with van der Waals surface area (Å²) >= 11 is 0. The highest BCUT2D eigenvalue weighted by Crippen LogP contribution is 2.21. The van der Waals surface area contributed by atoms with Crippen LogP contribution in [-0.2, 0) is 0 Å². The SMILES string of the molecule is COc1ccc(C(C)NC(=O)NCC(O)c2cccc(F)c2)cc1F. The Kier molecular flexibility index (Phi) is 6.30. The van der Waals surface area contributed by atoms with E-state index in [-0.39, 0.29) is 12.3 Å². The summed E-state index contributed by atoms with van der Waals surface area (Å²) in [7, 11) is 1.37. The first-order valence-electron chi connectivity index (χ1n) is 7.72. The molecule has 0 spiro atoms. The number of aliphatic hydroxyl groups excluding tert-OH is 1. The molecule has 0 aliphatic rings. The smallest absolute Gasteiger partial charge is 0.315 e. The number of amides is 2. The number of aliphatic hydroxyl groups is 1. The van der Waals surface area contributed by atoms with Gasteiger partial charge in [-0.1, -0.05) is 18.2 Å². The molecular formula is C18H20F2N2O3. The van der Waals surface area contributed by atoms with E-state index < -0.39 is 29.8 Å². The van der Waals surface area contributed by atoms with E-state index in [9.17, 15) is 18.7 Å². The van der Waals surface area contributed by atoms with Gasteiger partial charge in [0.2, 0.25) is 0 Å². The van der Waals surface area contributed by atoms with Gasteiger partial charge in [-0.15, -0.1) is 0 Å². The van der Waals surface area contributed by atoms with E-state index in [4.69, 9.17) is 4.74 Å². The van der Waals surface area contributed by atoms with Crippen molar-refractivity contribution in [1.29, 1.82) is 0 Å². The van der Waals surface area contributed by atoms with Crippen LogP contribution in [0.25, 0.3) is 0 Å². The fourth-order valence-corrected chi connectivity index (χ4v) is 2.30. The van der Waals surface area contributed by atoms with E-state index in [0.717, 1.165) is 0 Å². The molecule has 0 fully saturated rings. The number of rotatable bonds is 6. The van der Waals surface area contributed by atoms with Gasteiger partial charge in [0.15, 0.2) is 11.6 Å². The third kappa shape index (κ3) is 5.15. The van der Waals surface area contributed by atoms with Gasteiger partial charge < -0.3 is 20.5 Å². The number of halogens is 2. The molecule has 0 saturated heterocycles. The van der Waals surface area contributed by atoms with Crippen molar-refractivity contribution in [3.05, 3.63) is 65.2 Å². The van der Waals surface area contributed by atoms with Gasteiger partial charge in [0.05, 0.1) is 19.3 Å². The maximum atomic E-state index is 13.7. The fraction of sp³-hybridized carbons (Fsp3) is 0.278. The van der Waals surface area contributed by atoms with E-state index in [0.29, 0.717) is 11.1 Å². The Morgan fingerprint density at radius 1 is 1.20 bits per heavy atom. The maximum absolute atomic E-state index is 13.7. The van der Waals surface area contributed by atoms with Crippen LogP contribution in [0, 0.1) is 11.6 Å². The number of urea groups is 1. The number of ether oxygens (including phenoxy) is 1. The minimum Gasteiger partial charge on any atom is -0.494 e. The fourth-order valence-electron chi connectivity index (χ4n) is 2.30. The Morgan fingerprint density at radius 3 is 2.60 bits per heavy atom. The van der Waals surface area contributed by atoms with Gasteiger partial charge in [0, 0.05) is 6.54 Å². The summed E-state index contributed by atoms with van der Waals surface area (Å²) < 4.78 is 31.7. The van der Waals surface area contributed by atoms with E-state index in [1.165, 1.54) is 37.4 Å². The molecule has 5 nitrogen and oxygen atoms in total. The summed E-state index contributed by atoms with van der Waals surface area (Å²) in [6, 6.07) is 8.95. The van der Waals surface area contributed by atoms with Crippen molar-refractivity contribution in [2.75, 3.05) is 13.7 Å². The molecule has 0 aliphatic carbocycles. The van der Waals surface area contributed by atoms with Crippen LogP contribution >= 0.6 is 0 Å². The average Bonchev–Trinajstić information content (AvgIpc) is 2.59. The van der Waals surface area contributed by atoms with Crippen LogP contribution in [0.4, 0.5) is 13.6 Å². The molecule has 2 unspecified atom stereocenters. The first-order valence-corrected chi connectivity index (χ1v) is 7.72. The van der Waals surface area contributed by atoms with Gasteiger partial charge in [-0.25, -0.2) is 13.6 Å². The Morgan fingerprint density at radius 2 is 1.96 bits per heavy atom. The minimum atomic E-state index is -1.03. The molecule has 3 N–H and O–H groups in total. The molecule has 2 rings (SSSR count). The zero-order valence-corrected chi connectivity index (χ0v) is 13.9. The molecule has 0 heterocycles. The maximum Gasteiger partial charge on any atom is 0.315 e. The molecule has 2 atom stereocenters. The average molecular weight is 350 g/mol. The molecule has 0 radical (unpaired) electrons. The predicted octanol–water partition coefficient (Wildman–Crippen LogP) is 3.07. The molecule has 0 aliphatic heterocycles. The lowest BCUT2D eigenvalue weighted by atomic mass is 10.1. The van der Waals surface area contributed by atoms with Crippen LogP contribution in [0.15, 0.2) is 42.5 Å². The van der Waals surface area contributed by atoms with Crippen LogP contribution in [-0.4, -0.2) is 24.8 Å². The number of carbonyl (C=O) groups is 1. The monoisotopic (exact) mass is 350 g/mol. The molecule has 2 amide bonds. The molecular weight excluding hydrogens is 330 g/mol. The summed E-state index contributed by atoms with van der Waals surface area (Å²) in [4.78, 5) is 11.9. The Hall–Kier alpha value is -2.67. The molecule has 7 heteroatoms. The van der Waals surface area contributed by atoms with Crippen molar-refractivity contribution in [1.82, 2.24) is 10.6 Å². The number of methoxy groups -OCH3 is 1. The summed E-state index contributed by atoms with van der Waals surface area (Å²) in [5.74, 6) is -0.856. The van der Waals surface area contributed by atoms with Gasteiger partial charge in [-0.2, -0.15) is 0 Å². The number of hydrogen-bond acceptors (Lipinski definition) is 3. The van der Waals surface area contributed by atoms with Crippen molar-refractivity contribution in [3.8, 4) is 5.75 Å². The lowest BCUT2D eigenvalue weighted by Gasteiger charge is -2.17. The second-order valence-electron chi connectivity index (χ2n) is 5.54. The lowest BCUT2D eigenvalue weighted by Crippen LogP contribution is -2.39. The summed E-state index contributed by atoms with van der Waals surface area (Å²) in [5.41, 5.74) is 0.935. The van der Waals surface area contributed by atoms with Crippen molar-refractivity contribution in [2.45, 2.75) is 19.1 Å². The Bertz CT molecular complexity index is 740. The second kappa shape index (κ2) is 8.43. The number of carbonyl (C=O) groups excluding carboxylic acids is 1. The topological polar surface area (TPSA) is 70.6 Å². The third-order valence-corrected chi connectivity index (χ3v) is 3.71. The molecule has 2 aromatic carbocycles. The lowest BCUT2D eigenvalue weighted by molar-refractivity contribution is 0.172. The highest BCUT2D eigenvalue weighted by molar-refractivity contribution is 5.74. The van der Waals surface area contributed by atoms with Gasteiger partial charge in [-0.05, 0) is 42.3 Å². The Balaban J connectivity index is 1.88. The van der Waals surface area contributed by atoms with Crippen molar-refractivity contribution in [2.24, 2.45) is 0 Å². The van der Waals surface area contributed by atoms with Crippen LogP contribution < -0.4 is 15.4 Å². The summed E-state index contributed by atoms with van der Waals surface area (Å²) in [5, 5.41) is 15.1. The van der Waals surface area contributed by atoms with Gasteiger partial charge in [-0.3, -0.25) is 0 Å². The molecule has 0 bridgehead atoms. The summed E-state index contributed by atoms with van der Waals surface area (Å²) in [6.07, 6.45) is -1.03. The molecule has 134 valence electrons. The molecule has 25 heavy (non-hydrogen) atoms. The first-order chi connectivity index (χ1) is 11.9.